The third kappa shape index (κ3) is 3.63. The van der Waals surface area contributed by atoms with Gasteiger partial charge in [0.15, 0.2) is 11.5 Å². The van der Waals surface area contributed by atoms with E-state index in [4.69, 9.17) is 0 Å². The highest BCUT2D eigenvalue weighted by Gasteiger charge is 2.22. The van der Waals surface area contributed by atoms with E-state index >= 15 is 0 Å². The largest absolute Gasteiger partial charge is 0.342 e. The van der Waals surface area contributed by atoms with E-state index < -0.39 is 0 Å². The van der Waals surface area contributed by atoms with E-state index in [1.54, 1.807) is 23.4 Å². The van der Waals surface area contributed by atoms with Crippen LogP contribution in [0.1, 0.15) is 28.6 Å². The monoisotopic (exact) mass is 407 g/mol. The van der Waals surface area contributed by atoms with Crippen molar-refractivity contribution >= 4 is 34.2 Å². The molecule has 4 rings (SSSR count). The second-order valence-corrected chi connectivity index (χ2v) is 7.75. The maximum atomic E-state index is 13.2. The number of benzene rings is 1. The first kappa shape index (κ1) is 19.2. The number of amides is 1. The molecule has 1 N–H and O–H groups in total. The Kier molecular flexibility index (Phi) is 5.35. The van der Waals surface area contributed by atoms with Crippen LogP contribution < -0.4 is 10.9 Å². The molecule has 1 amide bonds. The molecule has 0 fully saturated rings. The lowest BCUT2D eigenvalue weighted by atomic mass is 10.1. The standard InChI is InChI=1S/C21H21N5O2S/c1-25-17-8-4-3-7-14(17)15(13-19(25)27)21(28)22-16(10-12-29-2)20-24-23-18-9-5-6-11-26(18)20/h3-9,11,13,16H,10,12H2,1-2H3,(H,22,28)/t16-/m0/s1. The number of carbonyl (C=O) groups is 1. The molecular formula is C21H21N5O2S. The van der Waals surface area contributed by atoms with Crippen LogP contribution in [0.4, 0.5) is 0 Å². The van der Waals surface area contributed by atoms with Crippen molar-refractivity contribution in [2.75, 3.05) is 12.0 Å². The minimum Gasteiger partial charge on any atom is -0.342 e. The topological polar surface area (TPSA) is 81.3 Å². The van der Waals surface area contributed by atoms with Gasteiger partial charge in [0.1, 0.15) is 0 Å². The lowest BCUT2D eigenvalue weighted by Gasteiger charge is -2.18. The lowest BCUT2D eigenvalue weighted by molar-refractivity contribution is 0.0935. The zero-order valence-corrected chi connectivity index (χ0v) is 17.0. The summed E-state index contributed by atoms with van der Waals surface area (Å²) in [7, 11) is 1.70. The zero-order valence-electron chi connectivity index (χ0n) is 16.2. The minimum atomic E-state index is -0.324. The Morgan fingerprint density at radius 1 is 1.17 bits per heavy atom. The van der Waals surface area contributed by atoms with Gasteiger partial charge in [-0.05, 0) is 36.6 Å². The van der Waals surface area contributed by atoms with Gasteiger partial charge in [-0.1, -0.05) is 24.3 Å². The van der Waals surface area contributed by atoms with E-state index in [9.17, 15) is 9.59 Å². The maximum Gasteiger partial charge on any atom is 0.252 e. The van der Waals surface area contributed by atoms with Gasteiger partial charge in [-0.3, -0.25) is 14.0 Å². The number of aryl methyl sites for hydroxylation is 1. The summed E-state index contributed by atoms with van der Waals surface area (Å²) in [5.74, 6) is 1.23. The number of para-hydroxylation sites is 1. The third-order valence-electron chi connectivity index (χ3n) is 4.97. The lowest BCUT2D eigenvalue weighted by Crippen LogP contribution is -2.32. The zero-order chi connectivity index (χ0) is 20.4. The van der Waals surface area contributed by atoms with Crippen LogP contribution in [0.5, 0.6) is 0 Å². The summed E-state index contributed by atoms with van der Waals surface area (Å²) in [6.45, 7) is 0. The number of nitrogens with zero attached hydrogens (tertiary/aromatic N) is 4. The summed E-state index contributed by atoms with van der Waals surface area (Å²) < 4.78 is 3.43. The second kappa shape index (κ2) is 8.08. The molecule has 0 aliphatic carbocycles. The predicted molar refractivity (Wildman–Crippen MR) is 115 cm³/mol. The average molecular weight is 407 g/mol. The fraction of sp³-hybridized carbons (Fsp3) is 0.238. The first-order valence-electron chi connectivity index (χ1n) is 9.28. The summed E-state index contributed by atoms with van der Waals surface area (Å²) in [6.07, 6.45) is 4.61. The van der Waals surface area contributed by atoms with Crippen molar-refractivity contribution in [3.8, 4) is 0 Å². The van der Waals surface area contributed by atoms with Gasteiger partial charge in [0.05, 0.1) is 17.1 Å². The van der Waals surface area contributed by atoms with Crippen LogP contribution in [-0.2, 0) is 7.05 Å². The number of carbonyl (C=O) groups excluding carboxylic acids is 1. The van der Waals surface area contributed by atoms with Crippen LogP contribution in [0.3, 0.4) is 0 Å². The molecule has 0 saturated carbocycles. The minimum absolute atomic E-state index is 0.220. The summed E-state index contributed by atoms with van der Waals surface area (Å²) in [5, 5.41) is 12.3. The van der Waals surface area contributed by atoms with Crippen molar-refractivity contribution in [3.63, 3.8) is 0 Å². The van der Waals surface area contributed by atoms with Crippen molar-refractivity contribution < 1.29 is 4.79 Å². The second-order valence-electron chi connectivity index (χ2n) is 6.77. The Morgan fingerprint density at radius 3 is 2.79 bits per heavy atom. The van der Waals surface area contributed by atoms with E-state index in [-0.39, 0.29) is 17.5 Å². The molecule has 0 aliphatic rings. The summed E-state index contributed by atoms with van der Waals surface area (Å²) in [5.41, 5.74) is 1.60. The van der Waals surface area contributed by atoms with Crippen LogP contribution >= 0.6 is 11.8 Å². The van der Waals surface area contributed by atoms with Crippen molar-refractivity contribution in [1.29, 1.82) is 0 Å². The smallest absolute Gasteiger partial charge is 0.252 e. The average Bonchev–Trinajstić information content (AvgIpc) is 3.17. The Bertz CT molecular complexity index is 1250. The molecule has 0 radical (unpaired) electrons. The van der Waals surface area contributed by atoms with E-state index in [2.05, 4.69) is 15.5 Å². The normalized spacial score (nSPS) is 12.3. The number of hydrogen-bond acceptors (Lipinski definition) is 5. The van der Waals surface area contributed by atoms with Gasteiger partial charge in [-0.25, -0.2) is 0 Å². The fourth-order valence-electron chi connectivity index (χ4n) is 3.43. The first-order chi connectivity index (χ1) is 14.1. The molecule has 0 saturated heterocycles. The van der Waals surface area contributed by atoms with Crippen LogP contribution in [0.15, 0.2) is 59.5 Å². The quantitative estimate of drug-likeness (QED) is 0.532. The van der Waals surface area contributed by atoms with Gasteiger partial charge in [0.2, 0.25) is 0 Å². The number of hydrogen-bond donors (Lipinski definition) is 1. The first-order valence-corrected chi connectivity index (χ1v) is 10.7. The molecule has 1 aromatic carbocycles. The van der Waals surface area contributed by atoms with Gasteiger partial charge in [-0.15, -0.1) is 10.2 Å². The number of aromatic nitrogens is 4. The molecule has 3 heterocycles. The number of thioether (sulfide) groups is 1. The van der Waals surface area contributed by atoms with Crippen molar-refractivity contribution in [1.82, 2.24) is 24.5 Å². The van der Waals surface area contributed by atoms with Gasteiger partial charge >= 0.3 is 0 Å². The molecule has 0 unspecified atom stereocenters. The maximum absolute atomic E-state index is 13.2. The Labute approximate surface area is 171 Å². The predicted octanol–water partition coefficient (Wildman–Crippen LogP) is 2.81. The van der Waals surface area contributed by atoms with Gasteiger partial charge < -0.3 is 9.88 Å². The number of fused-ring (bicyclic) bond motifs is 2. The highest BCUT2D eigenvalue weighted by atomic mass is 32.2. The molecule has 8 heteroatoms. The molecule has 0 bridgehead atoms. The number of pyridine rings is 2. The molecule has 29 heavy (non-hydrogen) atoms. The van der Waals surface area contributed by atoms with Gasteiger partial charge in [-0.2, -0.15) is 11.8 Å². The number of nitrogens with one attached hydrogen (secondary N) is 1. The van der Waals surface area contributed by atoms with E-state index in [1.165, 1.54) is 6.07 Å². The summed E-state index contributed by atoms with van der Waals surface area (Å²) in [6, 6.07) is 14.2. The fourth-order valence-corrected chi connectivity index (χ4v) is 3.90. The molecule has 7 nitrogen and oxygen atoms in total. The van der Waals surface area contributed by atoms with E-state index in [0.717, 1.165) is 22.3 Å². The van der Waals surface area contributed by atoms with Crippen molar-refractivity contribution in [3.05, 3.63) is 76.5 Å². The molecule has 1 atom stereocenters. The third-order valence-corrected chi connectivity index (χ3v) is 5.61. The highest BCUT2D eigenvalue weighted by Crippen LogP contribution is 2.21. The molecule has 0 spiro atoms. The Balaban J connectivity index is 1.74. The Morgan fingerprint density at radius 2 is 1.97 bits per heavy atom. The molecular weight excluding hydrogens is 386 g/mol. The van der Waals surface area contributed by atoms with Crippen LogP contribution in [0.2, 0.25) is 0 Å². The number of rotatable bonds is 6. The summed E-state index contributed by atoms with van der Waals surface area (Å²) >= 11 is 1.70. The Hall–Kier alpha value is -3.13. The van der Waals surface area contributed by atoms with E-state index in [0.29, 0.717) is 17.8 Å². The van der Waals surface area contributed by atoms with E-state index in [1.807, 2.05) is 59.3 Å². The SMILES string of the molecule is CSCC[C@H](NC(=O)c1cc(=O)n(C)c2ccccc12)c1nnc2ccccn12. The highest BCUT2D eigenvalue weighted by molar-refractivity contribution is 7.98. The van der Waals surface area contributed by atoms with Crippen LogP contribution in [0, 0.1) is 0 Å². The van der Waals surface area contributed by atoms with Gasteiger partial charge in [0, 0.05) is 24.7 Å². The molecule has 4 aromatic rings. The van der Waals surface area contributed by atoms with Crippen molar-refractivity contribution in [2.45, 2.75) is 12.5 Å². The molecule has 0 aliphatic heterocycles. The molecule has 3 aromatic heterocycles. The van der Waals surface area contributed by atoms with Crippen molar-refractivity contribution in [2.24, 2.45) is 7.05 Å². The van der Waals surface area contributed by atoms with Gasteiger partial charge in [0.25, 0.3) is 11.5 Å². The summed E-state index contributed by atoms with van der Waals surface area (Å²) in [4.78, 5) is 25.6. The van der Waals surface area contributed by atoms with Crippen LogP contribution in [0.25, 0.3) is 16.6 Å². The molecule has 148 valence electrons. The van der Waals surface area contributed by atoms with Crippen LogP contribution in [-0.4, -0.2) is 37.1 Å².